The van der Waals surface area contributed by atoms with E-state index in [1.54, 1.807) is 0 Å². The fourth-order valence-corrected chi connectivity index (χ4v) is 2.51. The number of benzene rings is 1. The molecule has 1 N–H and O–H groups in total. The first kappa shape index (κ1) is 13.5. The number of rotatable bonds is 4. The van der Waals surface area contributed by atoms with Gasteiger partial charge in [0.25, 0.3) is 5.91 Å². The standard InChI is InChI=1S/C15H19NO4/c1-15(2)19-9-11(20-15)12-13(14(17)16-12)18-8-10-6-4-3-5-7-10/h3-7,11-13H,8-9H2,1-2H3,(H,16,17)/t11-,12+,13-/m1/s1. The molecule has 20 heavy (non-hydrogen) atoms. The lowest BCUT2D eigenvalue weighted by Gasteiger charge is -2.39. The van der Waals surface area contributed by atoms with Gasteiger partial charge in [-0.15, -0.1) is 0 Å². The van der Waals surface area contributed by atoms with Crippen LogP contribution in [0.5, 0.6) is 0 Å². The Hall–Kier alpha value is -1.43. The zero-order valence-electron chi connectivity index (χ0n) is 11.7. The number of nitrogens with one attached hydrogen (secondary N) is 1. The fourth-order valence-electron chi connectivity index (χ4n) is 2.51. The van der Waals surface area contributed by atoms with Crippen LogP contribution < -0.4 is 5.32 Å². The van der Waals surface area contributed by atoms with Crippen LogP contribution in [-0.2, 0) is 25.6 Å². The summed E-state index contributed by atoms with van der Waals surface area (Å²) in [6.45, 7) is 4.64. The van der Waals surface area contributed by atoms with Gasteiger partial charge >= 0.3 is 0 Å². The number of hydrogen-bond donors (Lipinski definition) is 1. The monoisotopic (exact) mass is 277 g/mol. The highest BCUT2D eigenvalue weighted by Crippen LogP contribution is 2.29. The Labute approximate surface area is 118 Å². The van der Waals surface area contributed by atoms with Gasteiger partial charge in [-0.3, -0.25) is 4.79 Å². The molecule has 0 unspecified atom stereocenters. The Morgan fingerprint density at radius 2 is 2.10 bits per heavy atom. The fraction of sp³-hybridized carbons (Fsp3) is 0.533. The third-order valence-corrected chi connectivity index (χ3v) is 3.60. The maximum atomic E-state index is 11.6. The lowest BCUT2D eigenvalue weighted by molar-refractivity contribution is -0.170. The van der Waals surface area contributed by atoms with Gasteiger partial charge in [-0.2, -0.15) is 0 Å². The summed E-state index contributed by atoms with van der Waals surface area (Å²) < 4.78 is 17.0. The van der Waals surface area contributed by atoms with E-state index in [1.165, 1.54) is 0 Å². The molecule has 1 aromatic rings. The Bertz CT molecular complexity index is 488. The zero-order chi connectivity index (χ0) is 14.2. The van der Waals surface area contributed by atoms with Crippen LogP contribution in [0.4, 0.5) is 0 Å². The topological polar surface area (TPSA) is 56.8 Å². The second kappa shape index (κ2) is 5.16. The van der Waals surface area contributed by atoms with Crippen LogP contribution in [0.1, 0.15) is 19.4 Å². The van der Waals surface area contributed by atoms with Crippen molar-refractivity contribution in [3.8, 4) is 0 Å². The molecule has 0 spiro atoms. The Kier molecular flexibility index (Phi) is 3.50. The van der Waals surface area contributed by atoms with E-state index < -0.39 is 11.9 Å². The van der Waals surface area contributed by atoms with E-state index in [0.717, 1.165) is 5.56 Å². The predicted molar refractivity (Wildman–Crippen MR) is 71.9 cm³/mol. The van der Waals surface area contributed by atoms with Gasteiger partial charge in [0.1, 0.15) is 6.10 Å². The zero-order valence-corrected chi connectivity index (χ0v) is 11.7. The van der Waals surface area contributed by atoms with Gasteiger partial charge in [0, 0.05) is 0 Å². The molecule has 3 rings (SSSR count). The van der Waals surface area contributed by atoms with Crippen LogP contribution in [0.2, 0.25) is 0 Å². The highest BCUT2D eigenvalue weighted by atomic mass is 16.7. The van der Waals surface area contributed by atoms with Crippen LogP contribution in [-0.4, -0.2) is 36.6 Å². The summed E-state index contributed by atoms with van der Waals surface area (Å²) in [6.07, 6.45) is -0.610. The highest BCUT2D eigenvalue weighted by molar-refractivity contribution is 5.88. The minimum Gasteiger partial charge on any atom is -0.361 e. The second-order valence-corrected chi connectivity index (χ2v) is 5.62. The summed E-state index contributed by atoms with van der Waals surface area (Å²) >= 11 is 0. The number of β-lactam (4-membered cyclic amide) rings is 1. The molecule has 2 heterocycles. The van der Waals surface area contributed by atoms with E-state index >= 15 is 0 Å². The normalized spacial score (nSPS) is 31.7. The molecule has 0 radical (unpaired) electrons. The van der Waals surface area contributed by atoms with Gasteiger partial charge < -0.3 is 19.5 Å². The third kappa shape index (κ3) is 2.70. The van der Waals surface area contributed by atoms with Crippen molar-refractivity contribution < 1.29 is 19.0 Å². The first-order chi connectivity index (χ1) is 9.55. The van der Waals surface area contributed by atoms with Crippen molar-refractivity contribution in [2.45, 2.75) is 44.5 Å². The first-order valence-electron chi connectivity index (χ1n) is 6.83. The van der Waals surface area contributed by atoms with E-state index in [0.29, 0.717) is 13.2 Å². The summed E-state index contributed by atoms with van der Waals surface area (Å²) in [5, 5.41) is 2.84. The summed E-state index contributed by atoms with van der Waals surface area (Å²) in [6, 6.07) is 9.68. The van der Waals surface area contributed by atoms with Crippen molar-refractivity contribution in [3.05, 3.63) is 35.9 Å². The molecule has 0 bridgehead atoms. The number of ether oxygens (including phenoxy) is 3. The molecular formula is C15H19NO4. The van der Waals surface area contributed by atoms with Gasteiger partial charge in [-0.05, 0) is 19.4 Å². The summed E-state index contributed by atoms with van der Waals surface area (Å²) in [7, 11) is 0. The molecule has 2 saturated heterocycles. The average molecular weight is 277 g/mol. The second-order valence-electron chi connectivity index (χ2n) is 5.62. The summed E-state index contributed by atoms with van der Waals surface area (Å²) in [5.41, 5.74) is 1.05. The smallest absolute Gasteiger partial charge is 0.251 e. The molecule has 0 aliphatic carbocycles. The molecule has 0 aromatic heterocycles. The van der Waals surface area contributed by atoms with Crippen LogP contribution in [0.15, 0.2) is 30.3 Å². The van der Waals surface area contributed by atoms with Crippen molar-refractivity contribution >= 4 is 5.91 Å². The first-order valence-corrected chi connectivity index (χ1v) is 6.83. The SMILES string of the molecule is CC1(C)OC[C@H]([C@@H]2NC(=O)[C@@H]2OCc2ccccc2)O1. The molecule has 2 aliphatic heterocycles. The van der Waals surface area contributed by atoms with Gasteiger partial charge in [0.2, 0.25) is 0 Å². The molecule has 5 heteroatoms. The number of amides is 1. The van der Waals surface area contributed by atoms with Crippen LogP contribution in [0, 0.1) is 0 Å². The van der Waals surface area contributed by atoms with Crippen LogP contribution in [0.3, 0.4) is 0 Å². The van der Waals surface area contributed by atoms with Crippen LogP contribution >= 0.6 is 0 Å². The number of hydrogen-bond acceptors (Lipinski definition) is 4. The Morgan fingerprint density at radius 3 is 2.70 bits per heavy atom. The van der Waals surface area contributed by atoms with Crippen molar-refractivity contribution in [2.24, 2.45) is 0 Å². The lowest BCUT2D eigenvalue weighted by atomic mass is 9.96. The molecular weight excluding hydrogens is 258 g/mol. The van der Waals surface area contributed by atoms with Gasteiger partial charge in [-0.25, -0.2) is 0 Å². The van der Waals surface area contributed by atoms with E-state index in [4.69, 9.17) is 14.2 Å². The minimum absolute atomic E-state index is 0.0840. The summed E-state index contributed by atoms with van der Waals surface area (Å²) in [5.74, 6) is -0.672. The van der Waals surface area contributed by atoms with E-state index in [9.17, 15) is 4.79 Å². The van der Waals surface area contributed by atoms with E-state index in [-0.39, 0.29) is 18.1 Å². The Balaban J connectivity index is 1.57. The quantitative estimate of drug-likeness (QED) is 0.841. The number of carbonyl (C=O) groups excluding carboxylic acids is 1. The van der Waals surface area contributed by atoms with Gasteiger partial charge in [0.15, 0.2) is 11.9 Å². The number of carbonyl (C=O) groups is 1. The molecule has 2 fully saturated rings. The molecule has 0 saturated carbocycles. The van der Waals surface area contributed by atoms with Gasteiger partial charge in [0.05, 0.1) is 19.3 Å². The highest BCUT2D eigenvalue weighted by Gasteiger charge is 2.49. The third-order valence-electron chi connectivity index (χ3n) is 3.60. The maximum Gasteiger partial charge on any atom is 0.251 e. The average Bonchev–Trinajstić information content (AvgIpc) is 2.77. The molecule has 1 aromatic carbocycles. The summed E-state index contributed by atoms with van der Waals surface area (Å²) in [4.78, 5) is 11.6. The van der Waals surface area contributed by atoms with Gasteiger partial charge in [-0.1, -0.05) is 30.3 Å². The molecule has 5 nitrogen and oxygen atoms in total. The Morgan fingerprint density at radius 1 is 1.35 bits per heavy atom. The van der Waals surface area contributed by atoms with E-state index in [2.05, 4.69) is 5.32 Å². The van der Waals surface area contributed by atoms with Crippen molar-refractivity contribution in [2.75, 3.05) is 6.61 Å². The predicted octanol–water partition coefficient (Wildman–Crippen LogP) is 1.22. The largest absolute Gasteiger partial charge is 0.361 e. The molecule has 108 valence electrons. The van der Waals surface area contributed by atoms with Crippen molar-refractivity contribution in [1.29, 1.82) is 0 Å². The lowest BCUT2D eigenvalue weighted by Crippen LogP contribution is -2.68. The molecule has 3 atom stereocenters. The molecule has 1 amide bonds. The van der Waals surface area contributed by atoms with Crippen molar-refractivity contribution in [3.63, 3.8) is 0 Å². The van der Waals surface area contributed by atoms with E-state index in [1.807, 2.05) is 44.2 Å². The maximum absolute atomic E-state index is 11.6. The minimum atomic E-state index is -0.588. The van der Waals surface area contributed by atoms with Crippen LogP contribution in [0.25, 0.3) is 0 Å². The van der Waals surface area contributed by atoms with Crippen molar-refractivity contribution in [1.82, 2.24) is 5.32 Å². The molecule has 2 aliphatic rings.